The molecular formula is C12H24ClNO. The molecule has 1 saturated heterocycles. The number of halogens is 1. The first kappa shape index (κ1) is 13.3. The molecule has 0 aromatic heterocycles. The Labute approximate surface area is 98.7 Å². The summed E-state index contributed by atoms with van der Waals surface area (Å²) in [6, 6.07) is 0. The summed E-state index contributed by atoms with van der Waals surface area (Å²) in [7, 11) is 0. The van der Waals surface area contributed by atoms with Crippen molar-refractivity contribution < 1.29 is 4.74 Å². The zero-order chi connectivity index (χ0) is 11.1. The highest BCUT2D eigenvalue weighted by molar-refractivity contribution is 6.20. The lowest BCUT2D eigenvalue weighted by atomic mass is 10.1. The molecule has 1 heterocycles. The first-order valence-electron chi connectivity index (χ1n) is 6.15. The SMILES string of the molecule is CC(C)CC(Cl)CNCC1CCCCO1. The highest BCUT2D eigenvalue weighted by atomic mass is 35.5. The Kier molecular flexibility index (Phi) is 6.62. The van der Waals surface area contributed by atoms with Gasteiger partial charge >= 0.3 is 0 Å². The van der Waals surface area contributed by atoms with Gasteiger partial charge in [-0.05, 0) is 31.6 Å². The van der Waals surface area contributed by atoms with Crippen molar-refractivity contribution in [3.05, 3.63) is 0 Å². The van der Waals surface area contributed by atoms with Crippen LogP contribution in [0, 0.1) is 5.92 Å². The normalized spacial score (nSPS) is 24.4. The van der Waals surface area contributed by atoms with Gasteiger partial charge in [0.05, 0.1) is 6.10 Å². The van der Waals surface area contributed by atoms with E-state index < -0.39 is 0 Å². The van der Waals surface area contributed by atoms with E-state index in [1.807, 2.05) is 0 Å². The lowest BCUT2D eigenvalue weighted by Crippen LogP contribution is -2.35. The fourth-order valence-electron chi connectivity index (χ4n) is 1.96. The van der Waals surface area contributed by atoms with Gasteiger partial charge in [0.2, 0.25) is 0 Å². The number of rotatable bonds is 6. The summed E-state index contributed by atoms with van der Waals surface area (Å²) in [5.74, 6) is 0.681. The smallest absolute Gasteiger partial charge is 0.0699 e. The van der Waals surface area contributed by atoms with Gasteiger partial charge < -0.3 is 10.1 Å². The molecule has 1 aliphatic rings. The molecule has 0 aromatic rings. The molecule has 1 aliphatic heterocycles. The Morgan fingerprint density at radius 1 is 1.40 bits per heavy atom. The lowest BCUT2D eigenvalue weighted by Gasteiger charge is -2.23. The number of nitrogens with one attached hydrogen (secondary N) is 1. The fraction of sp³-hybridized carbons (Fsp3) is 1.00. The Hall–Kier alpha value is 0.210. The predicted octanol–water partition coefficient (Wildman–Crippen LogP) is 2.80. The maximum Gasteiger partial charge on any atom is 0.0699 e. The summed E-state index contributed by atoms with van der Waals surface area (Å²) in [6.45, 7) is 7.21. The zero-order valence-corrected chi connectivity index (χ0v) is 10.7. The summed E-state index contributed by atoms with van der Waals surface area (Å²) in [4.78, 5) is 0. The third-order valence-electron chi connectivity index (χ3n) is 2.74. The largest absolute Gasteiger partial charge is 0.377 e. The van der Waals surface area contributed by atoms with E-state index in [0.717, 1.165) is 26.1 Å². The van der Waals surface area contributed by atoms with Gasteiger partial charge in [-0.1, -0.05) is 13.8 Å². The Balaban J connectivity index is 1.99. The molecule has 0 amide bonds. The van der Waals surface area contributed by atoms with E-state index in [2.05, 4.69) is 19.2 Å². The van der Waals surface area contributed by atoms with Crippen LogP contribution in [0.15, 0.2) is 0 Å². The molecule has 0 spiro atoms. The van der Waals surface area contributed by atoms with E-state index >= 15 is 0 Å². The molecule has 0 radical (unpaired) electrons. The molecule has 0 aromatic carbocycles. The van der Waals surface area contributed by atoms with Gasteiger partial charge in [-0.2, -0.15) is 0 Å². The summed E-state index contributed by atoms with van der Waals surface area (Å²) >= 11 is 6.19. The summed E-state index contributed by atoms with van der Waals surface area (Å²) in [6.07, 6.45) is 5.23. The highest BCUT2D eigenvalue weighted by Gasteiger charge is 2.14. The second-order valence-electron chi connectivity index (χ2n) is 4.87. The molecule has 0 bridgehead atoms. The number of hydrogen-bond donors (Lipinski definition) is 1. The van der Waals surface area contributed by atoms with Crippen molar-refractivity contribution in [3.63, 3.8) is 0 Å². The lowest BCUT2D eigenvalue weighted by molar-refractivity contribution is 0.0170. The second kappa shape index (κ2) is 7.48. The second-order valence-corrected chi connectivity index (χ2v) is 5.49. The average Bonchev–Trinajstić information content (AvgIpc) is 2.18. The molecule has 2 unspecified atom stereocenters. The minimum atomic E-state index is 0.258. The molecule has 3 heteroatoms. The molecular weight excluding hydrogens is 210 g/mol. The quantitative estimate of drug-likeness (QED) is 0.713. The van der Waals surface area contributed by atoms with Crippen molar-refractivity contribution in [2.75, 3.05) is 19.7 Å². The van der Waals surface area contributed by atoms with Crippen molar-refractivity contribution >= 4 is 11.6 Å². The Morgan fingerprint density at radius 3 is 2.80 bits per heavy atom. The Morgan fingerprint density at radius 2 is 2.20 bits per heavy atom. The van der Waals surface area contributed by atoms with Gasteiger partial charge in [0, 0.05) is 25.1 Å². The van der Waals surface area contributed by atoms with Crippen LogP contribution in [0.25, 0.3) is 0 Å². The number of hydrogen-bond acceptors (Lipinski definition) is 2. The van der Waals surface area contributed by atoms with Gasteiger partial charge in [-0.3, -0.25) is 0 Å². The third kappa shape index (κ3) is 6.39. The minimum Gasteiger partial charge on any atom is -0.377 e. The van der Waals surface area contributed by atoms with Crippen LogP contribution in [0.2, 0.25) is 0 Å². The van der Waals surface area contributed by atoms with Crippen LogP contribution in [0.1, 0.15) is 39.5 Å². The molecule has 2 atom stereocenters. The molecule has 2 nitrogen and oxygen atoms in total. The first-order chi connectivity index (χ1) is 7.18. The van der Waals surface area contributed by atoms with E-state index in [0.29, 0.717) is 12.0 Å². The van der Waals surface area contributed by atoms with Crippen LogP contribution < -0.4 is 5.32 Å². The number of ether oxygens (including phenoxy) is 1. The molecule has 15 heavy (non-hydrogen) atoms. The molecule has 1 N–H and O–H groups in total. The van der Waals surface area contributed by atoms with E-state index in [1.54, 1.807) is 0 Å². The van der Waals surface area contributed by atoms with Crippen molar-refractivity contribution in [2.45, 2.75) is 51.0 Å². The van der Waals surface area contributed by atoms with Crippen LogP contribution in [-0.2, 0) is 4.74 Å². The van der Waals surface area contributed by atoms with Gasteiger partial charge in [0.25, 0.3) is 0 Å². The summed E-state index contributed by atoms with van der Waals surface area (Å²) < 4.78 is 5.64. The summed E-state index contributed by atoms with van der Waals surface area (Å²) in [5.41, 5.74) is 0. The maximum atomic E-state index is 6.19. The van der Waals surface area contributed by atoms with Crippen molar-refractivity contribution in [1.29, 1.82) is 0 Å². The van der Waals surface area contributed by atoms with E-state index in [4.69, 9.17) is 16.3 Å². The molecule has 1 rings (SSSR count). The monoisotopic (exact) mass is 233 g/mol. The topological polar surface area (TPSA) is 21.3 Å². The minimum absolute atomic E-state index is 0.258. The van der Waals surface area contributed by atoms with Crippen LogP contribution >= 0.6 is 11.6 Å². The molecule has 0 aliphatic carbocycles. The standard InChI is InChI=1S/C12H24ClNO/c1-10(2)7-11(13)8-14-9-12-5-3-4-6-15-12/h10-12,14H,3-9H2,1-2H3. The number of alkyl halides is 1. The zero-order valence-electron chi connectivity index (χ0n) is 9.97. The van der Waals surface area contributed by atoms with Gasteiger partial charge in [-0.25, -0.2) is 0 Å². The molecule has 90 valence electrons. The van der Waals surface area contributed by atoms with E-state index in [1.165, 1.54) is 19.3 Å². The maximum absolute atomic E-state index is 6.19. The van der Waals surface area contributed by atoms with Crippen molar-refractivity contribution in [3.8, 4) is 0 Å². The van der Waals surface area contributed by atoms with Crippen LogP contribution in [0.3, 0.4) is 0 Å². The predicted molar refractivity (Wildman–Crippen MR) is 65.6 cm³/mol. The van der Waals surface area contributed by atoms with E-state index in [9.17, 15) is 0 Å². The average molecular weight is 234 g/mol. The van der Waals surface area contributed by atoms with E-state index in [-0.39, 0.29) is 5.38 Å². The summed E-state index contributed by atoms with van der Waals surface area (Å²) in [5, 5.41) is 3.66. The fourth-order valence-corrected chi connectivity index (χ4v) is 2.43. The molecule has 0 saturated carbocycles. The molecule has 1 fully saturated rings. The third-order valence-corrected chi connectivity index (χ3v) is 3.07. The van der Waals surface area contributed by atoms with Gasteiger partial charge in [0.1, 0.15) is 0 Å². The van der Waals surface area contributed by atoms with Crippen molar-refractivity contribution in [1.82, 2.24) is 5.32 Å². The first-order valence-corrected chi connectivity index (χ1v) is 6.58. The van der Waals surface area contributed by atoms with Crippen molar-refractivity contribution in [2.24, 2.45) is 5.92 Å². The van der Waals surface area contributed by atoms with Crippen LogP contribution in [0.4, 0.5) is 0 Å². The van der Waals surface area contributed by atoms with Gasteiger partial charge in [0.15, 0.2) is 0 Å². The Bertz CT molecular complexity index is 158. The van der Waals surface area contributed by atoms with Crippen LogP contribution in [-0.4, -0.2) is 31.2 Å². The van der Waals surface area contributed by atoms with Crippen LogP contribution in [0.5, 0.6) is 0 Å². The highest BCUT2D eigenvalue weighted by Crippen LogP contribution is 2.12. The van der Waals surface area contributed by atoms with Gasteiger partial charge in [-0.15, -0.1) is 11.6 Å².